The molecule has 32 heavy (non-hydrogen) atoms. The summed E-state index contributed by atoms with van der Waals surface area (Å²) in [5, 5.41) is 20.0. The highest BCUT2D eigenvalue weighted by atomic mass is 32.1. The van der Waals surface area contributed by atoms with Gasteiger partial charge >= 0.3 is 0 Å². The van der Waals surface area contributed by atoms with Crippen LogP contribution in [0.15, 0.2) is 15.8 Å². The van der Waals surface area contributed by atoms with Gasteiger partial charge < -0.3 is 5.73 Å². The van der Waals surface area contributed by atoms with Crippen LogP contribution in [0.4, 0.5) is 5.82 Å². The number of nitrogens with one attached hydrogen (secondary N) is 1. The maximum absolute atomic E-state index is 13.0. The number of nitrogens with zero attached hydrogens (tertiary/aromatic N) is 7. The molecule has 0 spiro atoms. The van der Waals surface area contributed by atoms with Crippen molar-refractivity contribution in [2.75, 3.05) is 12.3 Å². The quantitative estimate of drug-likeness (QED) is 0.425. The number of piperidine rings is 1. The highest BCUT2D eigenvalue weighted by molar-refractivity contribution is 7.12. The summed E-state index contributed by atoms with van der Waals surface area (Å²) in [7, 11) is 0. The Morgan fingerprint density at radius 3 is 2.84 bits per heavy atom. The predicted octanol–water partition coefficient (Wildman–Crippen LogP) is 2.44. The van der Waals surface area contributed by atoms with E-state index in [4.69, 9.17) is 10.4 Å². The second-order valence-electron chi connectivity index (χ2n) is 8.05. The van der Waals surface area contributed by atoms with E-state index in [1.54, 1.807) is 11.3 Å². The van der Waals surface area contributed by atoms with Crippen molar-refractivity contribution in [1.82, 2.24) is 35.6 Å². The molecule has 1 amide bonds. The first kappa shape index (κ1) is 22.1. The number of hydrogen-bond acceptors (Lipinski definition) is 10. The molecule has 0 aromatic carbocycles. The monoisotopic (exact) mass is 457 g/mol. The topological polar surface area (TPSA) is 140 Å². The van der Waals surface area contributed by atoms with E-state index in [0.29, 0.717) is 18.3 Å². The number of likely N-dealkylation sites (tertiary alicyclic amines) is 1. The summed E-state index contributed by atoms with van der Waals surface area (Å²) >= 11 is 1.70. The van der Waals surface area contributed by atoms with Crippen LogP contribution in [0.25, 0.3) is 5.82 Å². The van der Waals surface area contributed by atoms with Gasteiger partial charge in [-0.2, -0.15) is 9.78 Å². The lowest BCUT2D eigenvalue weighted by atomic mass is 10.0. The summed E-state index contributed by atoms with van der Waals surface area (Å²) in [6.07, 6.45) is 3.39. The van der Waals surface area contributed by atoms with Crippen molar-refractivity contribution in [3.05, 3.63) is 32.8 Å². The van der Waals surface area contributed by atoms with Gasteiger partial charge in [-0.05, 0) is 63.5 Å². The van der Waals surface area contributed by atoms with E-state index >= 15 is 0 Å². The Labute approximate surface area is 189 Å². The van der Waals surface area contributed by atoms with Gasteiger partial charge in [0.15, 0.2) is 5.69 Å². The van der Waals surface area contributed by atoms with Crippen molar-refractivity contribution < 1.29 is 9.42 Å². The Morgan fingerprint density at radius 2 is 2.19 bits per heavy atom. The van der Waals surface area contributed by atoms with Crippen molar-refractivity contribution >= 4 is 28.8 Å². The molecular weight excluding hydrogens is 430 g/mol. The van der Waals surface area contributed by atoms with E-state index < -0.39 is 5.91 Å². The molecule has 0 unspecified atom stereocenters. The van der Waals surface area contributed by atoms with Gasteiger partial charge in [0, 0.05) is 27.9 Å². The van der Waals surface area contributed by atoms with E-state index in [2.05, 4.69) is 49.0 Å². The molecule has 4 heterocycles. The van der Waals surface area contributed by atoms with Crippen LogP contribution in [0.3, 0.4) is 0 Å². The number of aryl methyl sites for hydroxylation is 2. The van der Waals surface area contributed by atoms with Gasteiger partial charge in [0.1, 0.15) is 0 Å². The van der Waals surface area contributed by atoms with Crippen LogP contribution in [0, 0.1) is 13.8 Å². The van der Waals surface area contributed by atoms with Crippen molar-refractivity contribution in [3.63, 3.8) is 0 Å². The number of thiophene rings is 1. The van der Waals surface area contributed by atoms with Gasteiger partial charge in [0.25, 0.3) is 5.91 Å². The number of rotatable bonds is 6. The smallest absolute Gasteiger partial charge is 0.293 e. The average molecular weight is 458 g/mol. The van der Waals surface area contributed by atoms with Crippen molar-refractivity contribution in [2.45, 2.75) is 59.5 Å². The van der Waals surface area contributed by atoms with E-state index in [-0.39, 0.29) is 17.3 Å². The zero-order valence-electron chi connectivity index (χ0n) is 18.6. The maximum Gasteiger partial charge on any atom is 0.293 e. The molecule has 12 heteroatoms. The summed E-state index contributed by atoms with van der Waals surface area (Å²) in [6.45, 7) is 9.52. The predicted molar refractivity (Wildman–Crippen MR) is 121 cm³/mol. The number of amides is 1. The molecular formula is C20H27N9O2S. The fourth-order valence-electron chi connectivity index (χ4n) is 3.95. The molecule has 4 rings (SSSR count). The normalized spacial score (nSPS) is 17.6. The molecule has 0 bridgehead atoms. The fraction of sp³-hybridized carbons (Fsp3) is 0.500. The van der Waals surface area contributed by atoms with E-state index in [0.717, 1.165) is 35.5 Å². The Balaban J connectivity index is 1.63. The highest BCUT2D eigenvalue weighted by Gasteiger charge is 2.28. The lowest BCUT2D eigenvalue weighted by molar-refractivity contribution is 0.0944. The van der Waals surface area contributed by atoms with Crippen LogP contribution in [-0.4, -0.2) is 54.4 Å². The minimum atomic E-state index is -0.449. The number of hydrazone groups is 1. The first-order valence-corrected chi connectivity index (χ1v) is 11.4. The lowest BCUT2D eigenvalue weighted by Gasteiger charge is -2.33. The number of nitrogens with two attached hydrogens (primary N) is 1. The van der Waals surface area contributed by atoms with E-state index in [1.165, 1.54) is 16.0 Å². The van der Waals surface area contributed by atoms with Crippen molar-refractivity contribution in [3.8, 4) is 5.82 Å². The van der Waals surface area contributed by atoms with Gasteiger partial charge in [-0.1, -0.05) is 11.6 Å². The second kappa shape index (κ2) is 9.17. The fourth-order valence-corrected chi connectivity index (χ4v) is 4.93. The molecule has 0 radical (unpaired) electrons. The largest absolute Gasteiger partial charge is 0.378 e. The molecule has 1 saturated heterocycles. The van der Waals surface area contributed by atoms with Crippen LogP contribution in [0.1, 0.15) is 64.6 Å². The van der Waals surface area contributed by atoms with Gasteiger partial charge in [0.05, 0.1) is 11.4 Å². The van der Waals surface area contributed by atoms with Crippen molar-refractivity contribution in [1.29, 1.82) is 0 Å². The molecule has 0 aliphatic carbocycles. The van der Waals surface area contributed by atoms with Crippen molar-refractivity contribution in [2.24, 2.45) is 5.10 Å². The number of carbonyl (C=O) groups is 1. The van der Waals surface area contributed by atoms with Gasteiger partial charge in [-0.15, -0.1) is 16.4 Å². The Hall–Kier alpha value is -3.12. The third kappa shape index (κ3) is 4.41. The Morgan fingerprint density at radius 1 is 1.38 bits per heavy atom. The standard InChI is InChI=1S/C20H27N9O2S/c1-11-7-5-6-8-28(11)10-16-17(23-27-29(16)19-18(21)25-31-26-19)20(30)24-22-13(3)15-9-12(2)32-14(15)4/h9,11H,5-8,10H2,1-4H3,(H2,21,25)(H,24,30)/b22-13+/t11-/m1/s1. The van der Waals surface area contributed by atoms with Gasteiger partial charge in [-0.25, -0.2) is 10.1 Å². The molecule has 1 aliphatic heterocycles. The Kier molecular flexibility index (Phi) is 6.33. The van der Waals surface area contributed by atoms with Crippen LogP contribution in [0.2, 0.25) is 0 Å². The molecule has 0 saturated carbocycles. The zero-order valence-corrected chi connectivity index (χ0v) is 19.4. The number of carbonyl (C=O) groups excluding carboxylic acids is 1. The van der Waals surface area contributed by atoms with Crippen LogP contribution in [0.5, 0.6) is 0 Å². The minimum absolute atomic E-state index is 0.0759. The minimum Gasteiger partial charge on any atom is -0.378 e. The Bertz CT molecular complexity index is 1150. The maximum atomic E-state index is 13.0. The van der Waals surface area contributed by atoms with Crippen LogP contribution >= 0.6 is 11.3 Å². The van der Waals surface area contributed by atoms with E-state index in [1.807, 2.05) is 20.8 Å². The third-order valence-electron chi connectivity index (χ3n) is 5.72. The molecule has 3 aromatic heterocycles. The highest BCUT2D eigenvalue weighted by Crippen LogP contribution is 2.23. The SMILES string of the molecule is C/C(=N\NC(=O)c1nnn(-c2nonc2N)c1CN1CCCC[C@H]1C)c1cc(C)sc1C. The summed E-state index contributed by atoms with van der Waals surface area (Å²) < 4.78 is 6.15. The molecule has 170 valence electrons. The summed E-state index contributed by atoms with van der Waals surface area (Å²) in [6, 6.07) is 2.44. The molecule has 1 aliphatic rings. The molecule has 11 nitrogen and oxygen atoms in total. The molecule has 1 atom stereocenters. The summed E-state index contributed by atoms with van der Waals surface area (Å²) in [5.74, 6) is -0.165. The number of anilines is 1. The van der Waals surface area contributed by atoms with Gasteiger partial charge in [0.2, 0.25) is 11.6 Å². The van der Waals surface area contributed by atoms with Crippen LogP contribution in [-0.2, 0) is 6.54 Å². The number of hydrogen-bond donors (Lipinski definition) is 2. The molecule has 3 aromatic rings. The third-order valence-corrected chi connectivity index (χ3v) is 6.69. The lowest BCUT2D eigenvalue weighted by Crippen LogP contribution is -2.38. The first-order valence-electron chi connectivity index (χ1n) is 10.5. The summed E-state index contributed by atoms with van der Waals surface area (Å²) in [4.78, 5) is 17.7. The number of nitrogen functional groups attached to an aromatic ring is 1. The molecule has 3 N–H and O–H groups in total. The average Bonchev–Trinajstić information content (AvgIpc) is 3.45. The molecule has 1 fully saturated rings. The summed E-state index contributed by atoms with van der Waals surface area (Å²) in [5.41, 5.74) is 11.0. The van der Waals surface area contributed by atoms with Crippen LogP contribution < -0.4 is 11.2 Å². The second-order valence-corrected chi connectivity index (χ2v) is 9.51. The first-order chi connectivity index (χ1) is 15.3. The number of aromatic nitrogens is 5. The van der Waals surface area contributed by atoms with Gasteiger partial charge in [-0.3, -0.25) is 9.69 Å². The van der Waals surface area contributed by atoms with E-state index in [9.17, 15) is 4.79 Å². The zero-order chi connectivity index (χ0) is 22.8.